The lowest BCUT2D eigenvalue weighted by atomic mass is 10.1. The summed E-state index contributed by atoms with van der Waals surface area (Å²) in [7, 11) is 3.13. The number of ether oxygens (including phenoxy) is 3. The van der Waals surface area contributed by atoms with E-state index in [1.807, 2.05) is 23.1 Å². The van der Waals surface area contributed by atoms with Crippen molar-refractivity contribution in [2.45, 2.75) is 11.6 Å². The van der Waals surface area contributed by atoms with Crippen LogP contribution in [-0.2, 0) is 9.53 Å². The molecule has 5 rings (SSSR count). The van der Waals surface area contributed by atoms with Crippen LogP contribution >= 0.6 is 11.8 Å². The largest absolute Gasteiger partial charge is 0.493 e. The van der Waals surface area contributed by atoms with Gasteiger partial charge in [0.25, 0.3) is 0 Å². The predicted molar refractivity (Wildman–Crippen MR) is 146 cm³/mol. The zero-order valence-corrected chi connectivity index (χ0v) is 22.2. The first-order valence-electron chi connectivity index (χ1n) is 12.1. The molecule has 0 saturated carbocycles. The lowest BCUT2D eigenvalue weighted by Crippen LogP contribution is -2.49. The number of aromatic nitrogens is 3. The van der Waals surface area contributed by atoms with E-state index < -0.39 is 23.6 Å². The van der Waals surface area contributed by atoms with Crippen molar-refractivity contribution in [1.29, 1.82) is 0 Å². The summed E-state index contributed by atoms with van der Waals surface area (Å²) in [5.41, 5.74) is 13.2. The molecule has 5 N–H and O–H groups in total. The van der Waals surface area contributed by atoms with Crippen LogP contribution < -0.4 is 26.3 Å². The first-order chi connectivity index (χ1) is 18.9. The average molecular weight is 553 g/mol. The van der Waals surface area contributed by atoms with E-state index in [0.29, 0.717) is 60.1 Å². The Kier molecular flexibility index (Phi) is 7.67. The number of pyridine rings is 1. The van der Waals surface area contributed by atoms with Gasteiger partial charge in [-0.1, -0.05) is 11.8 Å². The number of nitrogens with two attached hydrogens (primary N) is 2. The molecule has 2 atom stereocenters. The number of thioether (sulfide) groups is 1. The van der Waals surface area contributed by atoms with Gasteiger partial charge in [-0.3, -0.25) is 9.80 Å². The Hall–Kier alpha value is -4.14. The SMILES string of the molecule is COc1ccc(-c2ccc3nc(N)nc(C(C(=O)OC4SC=CN4C(N)=O)N4CCNCC4)c3n2)cc1OC. The number of fused-ring (bicyclic) bond motifs is 1. The third kappa shape index (κ3) is 5.39. The highest BCUT2D eigenvalue weighted by Crippen LogP contribution is 2.35. The molecule has 2 aromatic heterocycles. The average Bonchev–Trinajstić information content (AvgIpc) is 3.41. The summed E-state index contributed by atoms with van der Waals surface area (Å²) < 4.78 is 16.6. The van der Waals surface area contributed by atoms with Crippen LogP contribution in [0.1, 0.15) is 11.7 Å². The summed E-state index contributed by atoms with van der Waals surface area (Å²) in [6.45, 7) is 2.44. The highest BCUT2D eigenvalue weighted by atomic mass is 32.2. The Bertz CT molecular complexity index is 1430. The predicted octanol–water partition coefficient (Wildman–Crippen LogP) is 1.66. The number of carbonyl (C=O) groups is 2. The second-order valence-electron chi connectivity index (χ2n) is 8.70. The zero-order valence-electron chi connectivity index (χ0n) is 21.4. The van der Waals surface area contributed by atoms with Crippen molar-refractivity contribution in [2.24, 2.45) is 5.73 Å². The Labute approximate surface area is 228 Å². The van der Waals surface area contributed by atoms with E-state index >= 15 is 0 Å². The van der Waals surface area contributed by atoms with E-state index in [2.05, 4.69) is 15.3 Å². The maximum Gasteiger partial charge on any atom is 0.332 e. The van der Waals surface area contributed by atoms with E-state index in [4.69, 9.17) is 30.7 Å². The number of primary amides is 1. The number of benzene rings is 1. The van der Waals surface area contributed by atoms with E-state index in [0.717, 1.165) is 22.2 Å². The second kappa shape index (κ2) is 11.3. The molecule has 0 spiro atoms. The van der Waals surface area contributed by atoms with Crippen molar-refractivity contribution in [3.05, 3.63) is 47.6 Å². The van der Waals surface area contributed by atoms with Gasteiger partial charge in [0.2, 0.25) is 11.5 Å². The summed E-state index contributed by atoms with van der Waals surface area (Å²) in [6.07, 6.45) is 1.47. The third-order valence-electron chi connectivity index (χ3n) is 6.38. The van der Waals surface area contributed by atoms with Crippen LogP contribution in [0.4, 0.5) is 10.7 Å². The topological polar surface area (TPSA) is 171 Å². The maximum atomic E-state index is 13.8. The number of hydrogen-bond donors (Lipinski definition) is 3. The summed E-state index contributed by atoms with van der Waals surface area (Å²) in [5, 5.41) is 4.92. The van der Waals surface area contributed by atoms with Gasteiger partial charge in [-0.05, 0) is 35.7 Å². The minimum Gasteiger partial charge on any atom is -0.493 e. The summed E-state index contributed by atoms with van der Waals surface area (Å²) in [4.78, 5) is 42.4. The summed E-state index contributed by atoms with van der Waals surface area (Å²) >= 11 is 1.15. The van der Waals surface area contributed by atoms with Gasteiger partial charge >= 0.3 is 12.0 Å². The van der Waals surface area contributed by atoms with Crippen molar-refractivity contribution in [2.75, 3.05) is 46.1 Å². The normalized spacial score (nSPS) is 18.2. The van der Waals surface area contributed by atoms with Crippen LogP contribution in [0.5, 0.6) is 11.5 Å². The standard InChI is InChI=1S/C25H28N8O5S/c1-36-17-6-3-14(13-18(17)37-2)15-4-5-16-19(29-15)20(31-23(26)30-16)21(32-9-7-28-8-10-32)22(34)38-25-33(24(27)35)11-12-39-25/h3-6,11-13,21,25,28H,7-10H2,1-2H3,(H2,27,35)(H2,26,30,31). The molecule has 2 unspecified atom stereocenters. The van der Waals surface area contributed by atoms with Crippen molar-refractivity contribution >= 4 is 40.7 Å². The van der Waals surface area contributed by atoms with Crippen LogP contribution in [0.3, 0.4) is 0 Å². The lowest BCUT2D eigenvalue weighted by Gasteiger charge is -2.34. The van der Waals surface area contributed by atoms with Crippen LogP contribution in [0.15, 0.2) is 41.9 Å². The van der Waals surface area contributed by atoms with E-state index in [1.54, 1.807) is 31.8 Å². The van der Waals surface area contributed by atoms with Gasteiger partial charge in [-0.25, -0.2) is 24.5 Å². The number of methoxy groups -OCH3 is 2. The molecule has 0 bridgehead atoms. The number of urea groups is 1. The highest BCUT2D eigenvalue weighted by Gasteiger charge is 2.37. The Morgan fingerprint density at radius 1 is 1.08 bits per heavy atom. The molecule has 3 aromatic rings. The smallest absolute Gasteiger partial charge is 0.332 e. The molecule has 1 saturated heterocycles. The Morgan fingerprint density at radius 3 is 2.56 bits per heavy atom. The molecule has 4 heterocycles. The fourth-order valence-corrected chi connectivity index (χ4v) is 5.30. The Balaban J connectivity index is 1.59. The number of nitrogens with zero attached hydrogens (tertiary/aromatic N) is 5. The van der Waals surface area contributed by atoms with Gasteiger partial charge in [0.15, 0.2) is 17.5 Å². The lowest BCUT2D eigenvalue weighted by molar-refractivity contribution is -0.155. The molecular formula is C25H28N8O5S. The minimum absolute atomic E-state index is 0.00164. The first kappa shape index (κ1) is 26.5. The number of nitrogens with one attached hydrogen (secondary N) is 1. The van der Waals surface area contributed by atoms with E-state index in [1.165, 1.54) is 6.20 Å². The van der Waals surface area contributed by atoms with Gasteiger partial charge in [-0.15, -0.1) is 0 Å². The van der Waals surface area contributed by atoms with E-state index in [-0.39, 0.29) is 5.95 Å². The molecule has 2 amide bonds. The molecule has 39 heavy (non-hydrogen) atoms. The minimum atomic E-state index is -0.955. The summed E-state index contributed by atoms with van der Waals surface area (Å²) in [6, 6.07) is 7.37. The van der Waals surface area contributed by atoms with Gasteiger partial charge in [0, 0.05) is 37.9 Å². The highest BCUT2D eigenvalue weighted by molar-refractivity contribution is 8.02. The molecular weight excluding hydrogens is 524 g/mol. The molecule has 0 aliphatic carbocycles. The van der Waals surface area contributed by atoms with Gasteiger partial charge in [0.1, 0.15) is 11.2 Å². The van der Waals surface area contributed by atoms with Crippen molar-refractivity contribution in [3.8, 4) is 22.8 Å². The number of carbonyl (C=O) groups excluding carboxylic acids is 2. The Morgan fingerprint density at radius 2 is 1.85 bits per heavy atom. The molecule has 0 radical (unpaired) electrons. The van der Waals surface area contributed by atoms with Crippen LogP contribution in [0, 0.1) is 0 Å². The number of anilines is 1. The molecule has 204 valence electrons. The zero-order chi connectivity index (χ0) is 27.5. The van der Waals surface area contributed by atoms with E-state index in [9.17, 15) is 9.59 Å². The van der Waals surface area contributed by atoms with Crippen LogP contribution in [-0.4, -0.2) is 82.7 Å². The molecule has 1 aromatic carbocycles. The maximum absolute atomic E-state index is 13.8. The third-order valence-corrected chi connectivity index (χ3v) is 7.21. The summed E-state index contributed by atoms with van der Waals surface area (Å²) in [5.74, 6) is 0.531. The number of amides is 2. The number of nitrogen functional groups attached to an aromatic ring is 1. The molecule has 13 nitrogen and oxygen atoms in total. The van der Waals surface area contributed by atoms with Crippen LogP contribution in [0.25, 0.3) is 22.3 Å². The fourth-order valence-electron chi connectivity index (χ4n) is 4.51. The quantitative estimate of drug-likeness (QED) is 0.363. The number of hydrogen-bond acceptors (Lipinski definition) is 12. The van der Waals surface area contributed by atoms with Crippen molar-refractivity contribution < 1.29 is 23.8 Å². The van der Waals surface area contributed by atoms with Gasteiger partial charge < -0.3 is 31.0 Å². The van der Waals surface area contributed by atoms with Gasteiger partial charge in [0.05, 0.1) is 25.4 Å². The monoisotopic (exact) mass is 552 g/mol. The molecule has 2 aliphatic heterocycles. The fraction of sp³-hybridized carbons (Fsp3) is 0.320. The van der Waals surface area contributed by atoms with Crippen LogP contribution in [0.2, 0.25) is 0 Å². The van der Waals surface area contributed by atoms with Gasteiger partial charge in [-0.2, -0.15) is 0 Å². The number of piperazine rings is 1. The number of esters is 1. The molecule has 14 heteroatoms. The first-order valence-corrected chi connectivity index (χ1v) is 13.1. The number of rotatable bonds is 7. The molecule has 1 fully saturated rings. The van der Waals surface area contributed by atoms with Crippen molar-refractivity contribution in [3.63, 3.8) is 0 Å². The second-order valence-corrected chi connectivity index (χ2v) is 9.65. The van der Waals surface area contributed by atoms with Crippen molar-refractivity contribution in [1.82, 2.24) is 30.1 Å². The molecule has 2 aliphatic rings.